The number of ether oxygens (including phenoxy) is 1. The van der Waals surface area contributed by atoms with Crippen molar-refractivity contribution in [3.05, 3.63) is 35.4 Å². The van der Waals surface area contributed by atoms with Gasteiger partial charge in [0.25, 0.3) is 0 Å². The third-order valence-corrected chi connectivity index (χ3v) is 2.19. The fourth-order valence-electron chi connectivity index (χ4n) is 1.28. The summed E-state index contributed by atoms with van der Waals surface area (Å²) >= 11 is 4.79. The molecule has 2 N–H and O–H groups in total. The van der Waals surface area contributed by atoms with Crippen molar-refractivity contribution < 1.29 is 4.74 Å². The molecule has 0 heterocycles. The first-order valence-corrected chi connectivity index (χ1v) is 5.62. The van der Waals surface area contributed by atoms with Crippen LogP contribution in [0.25, 0.3) is 6.08 Å². The number of hydrogen-bond donors (Lipinski definition) is 1. The van der Waals surface area contributed by atoms with E-state index in [-0.39, 0.29) is 16.7 Å². The van der Waals surface area contributed by atoms with Crippen molar-refractivity contribution in [1.29, 1.82) is 5.26 Å². The number of nitrogens with zero attached hydrogens (tertiary/aromatic N) is 1. The second kappa shape index (κ2) is 6.02. The molecule has 0 saturated heterocycles. The highest BCUT2D eigenvalue weighted by Gasteiger charge is 2.05. The van der Waals surface area contributed by atoms with Gasteiger partial charge < -0.3 is 10.5 Å². The van der Waals surface area contributed by atoms with Crippen LogP contribution < -0.4 is 10.5 Å². The monoisotopic (exact) mass is 246 g/mol. The Morgan fingerprint density at radius 3 is 2.65 bits per heavy atom. The van der Waals surface area contributed by atoms with E-state index >= 15 is 0 Å². The fraction of sp³-hybridized carbons (Fsp3) is 0.231. The number of benzene rings is 1. The molecule has 0 spiro atoms. The number of nitriles is 1. The Morgan fingerprint density at radius 2 is 2.12 bits per heavy atom. The van der Waals surface area contributed by atoms with Crippen LogP contribution in [0.3, 0.4) is 0 Å². The van der Waals surface area contributed by atoms with Gasteiger partial charge in [-0.1, -0.05) is 30.4 Å². The molecule has 1 aromatic rings. The zero-order chi connectivity index (χ0) is 12.8. The molecule has 0 saturated carbocycles. The van der Waals surface area contributed by atoms with Crippen molar-refractivity contribution in [3.63, 3.8) is 0 Å². The molecule has 0 unspecified atom stereocenters. The van der Waals surface area contributed by atoms with Gasteiger partial charge in [-0.3, -0.25) is 0 Å². The van der Waals surface area contributed by atoms with Crippen LogP contribution in [0.4, 0.5) is 0 Å². The minimum absolute atomic E-state index is 0.0694. The molecule has 0 radical (unpaired) electrons. The Bertz CT molecular complexity index is 486. The summed E-state index contributed by atoms with van der Waals surface area (Å²) in [6, 6.07) is 9.42. The highest BCUT2D eigenvalue weighted by Crippen LogP contribution is 2.22. The second-order valence-corrected chi connectivity index (χ2v) is 4.18. The molecule has 4 heteroatoms. The molecule has 0 atom stereocenters. The second-order valence-electron chi connectivity index (χ2n) is 3.74. The molecule has 3 nitrogen and oxygen atoms in total. The van der Waals surface area contributed by atoms with Crippen molar-refractivity contribution in [2.75, 3.05) is 0 Å². The normalized spacial score (nSPS) is 11.1. The van der Waals surface area contributed by atoms with Crippen LogP contribution in [0.2, 0.25) is 0 Å². The van der Waals surface area contributed by atoms with Crippen molar-refractivity contribution in [3.8, 4) is 11.8 Å². The van der Waals surface area contributed by atoms with E-state index in [4.69, 9.17) is 28.0 Å². The van der Waals surface area contributed by atoms with Gasteiger partial charge in [-0.15, -0.1) is 0 Å². The molecule has 0 amide bonds. The van der Waals surface area contributed by atoms with E-state index in [1.807, 2.05) is 44.2 Å². The smallest absolute Gasteiger partial charge is 0.126 e. The molecule has 0 aliphatic rings. The Labute approximate surface area is 107 Å². The maximum absolute atomic E-state index is 8.90. The van der Waals surface area contributed by atoms with Crippen molar-refractivity contribution in [2.45, 2.75) is 20.0 Å². The molecule has 0 fully saturated rings. The lowest BCUT2D eigenvalue weighted by atomic mass is 10.1. The lowest BCUT2D eigenvalue weighted by Crippen LogP contribution is -2.10. The SMILES string of the molecule is CC(C)Oc1ccccc1C=C(C#N)C(N)=S. The van der Waals surface area contributed by atoms with Gasteiger partial charge in [0.15, 0.2) is 0 Å². The summed E-state index contributed by atoms with van der Waals surface area (Å²) < 4.78 is 5.63. The summed E-state index contributed by atoms with van der Waals surface area (Å²) in [5.74, 6) is 0.714. The van der Waals surface area contributed by atoms with Crippen LogP contribution in [0.15, 0.2) is 29.8 Å². The number of hydrogen-bond acceptors (Lipinski definition) is 3. The number of thiocarbonyl (C=S) groups is 1. The van der Waals surface area contributed by atoms with Crippen molar-refractivity contribution in [1.82, 2.24) is 0 Å². The van der Waals surface area contributed by atoms with E-state index < -0.39 is 0 Å². The Balaban J connectivity index is 3.14. The summed E-state index contributed by atoms with van der Waals surface area (Å²) in [6.45, 7) is 3.89. The minimum Gasteiger partial charge on any atom is -0.490 e. The van der Waals surface area contributed by atoms with Gasteiger partial charge in [0.1, 0.15) is 16.8 Å². The van der Waals surface area contributed by atoms with Gasteiger partial charge in [0, 0.05) is 5.56 Å². The van der Waals surface area contributed by atoms with Crippen LogP contribution in [-0.4, -0.2) is 11.1 Å². The number of para-hydroxylation sites is 1. The molecule has 0 bridgehead atoms. The molecule has 0 aromatic heterocycles. The lowest BCUT2D eigenvalue weighted by Gasteiger charge is -2.12. The molecular formula is C13H14N2OS. The number of rotatable bonds is 4. The van der Waals surface area contributed by atoms with Gasteiger partial charge in [0.2, 0.25) is 0 Å². The van der Waals surface area contributed by atoms with Gasteiger partial charge in [-0.25, -0.2) is 0 Å². The van der Waals surface area contributed by atoms with Gasteiger partial charge in [-0.2, -0.15) is 5.26 Å². The maximum Gasteiger partial charge on any atom is 0.126 e. The van der Waals surface area contributed by atoms with E-state index in [0.29, 0.717) is 5.75 Å². The van der Waals surface area contributed by atoms with Crippen LogP contribution in [0.5, 0.6) is 5.75 Å². The highest BCUT2D eigenvalue weighted by atomic mass is 32.1. The first-order chi connectivity index (χ1) is 8.04. The number of nitrogens with two attached hydrogens (primary N) is 1. The molecule has 17 heavy (non-hydrogen) atoms. The van der Waals surface area contributed by atoms with Crippen molar-refractivity contribution in [2.24, 2.45) is 5.73 Å². The largest absolute Gasteiger partial charge is 0.490 e. The Hall–Kier alpha value is -1.86. The predicted molar refractivity (Wildman–Crippen MR) is 72.6 cm³/mol. The summed E-state index contributed by atoms with van der Waals surface area (Å²) in [5.41, 5.74) is 6.52. The van der Waals surface area contributed by atoms with E-state index in [1.165, 1.54) is 0 Å². The minimum atomic E-state index is 0.0694. The average Bonchev–Trinajstić information content (AvgIpc) is 2.26. The summed E-state index contributed by atoms with van der Waals surface area (Å²) in [6.07, 6.45) is 1.71. The molecule has 1 aromatic carbocycles. The van der Waals surface area contributed by atoms with Crippen LogP contribution in [0.1, 0.15) is 19.4 Å². The van der Waals surface area contributed by atoms with Crippen LogP contribution >= 0.6 is 12.2 Å². The van der Waals surface area contributed by atoms with E-state index in [0.717, 1.165) is 5.56 Å². The van der Waals surface area contributed by atoms with E-state index in [2.05, 4.69) is 0 Å². The van der Waals surface area contributed by atoms with E-state index in [9.17, 15) is 0 Å². The van der Waals surface area contributed by atoms with Gasteiger partial charge >= 0.3 is 0 Å². The zero-order valence-corrected chi connectivity index (χ0v) is 10.6. The standard InChI is InChI=1S/C13H14N2OS/c1-9(2)16-12-6-4-3-5-10(12)7-11(8-14)13(15)17/h3-7,9H,1-2H3,(H2,15,17). The zero-order valence-electron chi connectivity index (χ0n) is 9.81. The fourth-order valence-corrected chi connectivity index (χ4v) is 1.38. The predicted octanol–water partition coefficient (Wildman–Crippen LogP) is 2.67. The first-order valence-electron chi connectivity index (χ1n) is 5.22. The molecule has 1 rings (SSSR count). The highest BCUT2D eigenvalue weighted by molar-refractivity contribution is 7.80. The molecule has 0 aliphatic carbocycles. The molecule has 0 aliphatic heterocycles. The van der Waals surface area contributed by atoms with Crippen LogP contribution in [-0.2, 0) is 0 Å². The Morgan fingerprint density at radius 1 is 1.47 bits per heavy atom. The summed E-state index contributed by atoms with van der Waals surface area (Å²) in [7, 11) is 0. The van der Waals surface area contributed by atoms with E-state index in [1.54, 1.807) is 6.08 Å². The first kappa shape index (κ1) is 13.2. The third kappa shape index (κ3) is 3.89. The maximum atomic E-state index is 8.90. The quantitative estimate of drug-likeness (QED) is 0.504. The lowest BCUT2D eigenvalue weighted by molar-refractivity contribution is 0.242. The van der Waals surface area contributed by atoms with Gasteiger partial charge in [0.05, 0.1) is 11.7 Å². The van der Waals surface area contributed by atoms with Crippen LogP contribution in [0, 0.1) is 11.3 Å². The Kier molecular flexibility index (Phi) is 4.68. The average molecular weight is 246 g/mol. The molecular weight excluding hydrogens is 232 g/mol. The van der Waals surface area contributed by atoms with Crippen molar-refractivity contribution >= 4 is 23.3 Å². The topological polar surface area (TPSA) is 59.0 Å². The third-order valence-electron chi connectivity index (χ3n) is 1.97. The molecule has 88 valence electrons. The summed E-state index contributed by atoms with van der Waals surface area (Å²) in [5, 5.41) is 8.90. The summed E-state index contributed by atoms with van der Waals surface area (Å²) in [4.78, 5) is 0.0897. The van der Waals surface area contributed by atoms with Gasteiger partial charge in [-0.05, 0) is 26.0 Å².